The van der Waals surface area contributed by atoms with Gasteiger partial charge in [0.15, 0.2) is 0 Å². The minimum atomic E-state index is 0.228. The molecule has 1 fully saturated rings. The van der Waals surface area contributed by atoms with Crippen LogP contribution in [0, 0.1) is 13.8 Å². The van der Waals surface area contributed by atoms with Gasteiger partial charge in [-0.15, -0.1) is 0 Å². The van der Waals surface area contributed by atoms with E-state index in [-0.39, 0.29) is 6.10 Å². The van der Waals surface area contributed by atoms with Crippen molar-refractivity contribution < 1.29 is 4.74 Å². The number of hydrogen-bond acceptors (Lipinski definition) is 5. The summed E-state index contributed by atoms with van der Waals surface area (Å²) in [7, 11) is 0. The lowest BCUT2D eigenvalue weighted by atomic mass is 10.1. The van der Waals surface area contributed by atoms with E-state index in [9.17, 15) is 0 Å². The summed E-state index contributed by atoms with van der Waals surface area (Å²) in [4.78, 5) is 15.4. The number of rotatable bonds is 4. The molecular weight excluding hydrogens is 276 g/mol. The molecule has 0 aliphatic carbocycles. The van der Waals surface area contributed by atoms with Gasteiger partial charge in [-0.25, -0.2) is 15.0 Å². The molecule has 116 valence electrons. The Kier molecular flexibility index (Phi) is 4.63. The molecule has 1 saturated heterocycles. The van der Waals surface area contributed by atoms with E-state index in [0.717, 1.165) is 55.4 Å². The fourth-order valence-corrected chi connectivity index (χ4v) is 2.76. The maximum atomic E-state index is 5.90. The Bertz CT molecular complexity index is 632. The lowest BCUT2D eigenvalue weighted by Gasteiger charge is -2.34. The fraction of sp³-hybridized carbons (Fsp3) is 0.471. The second-order valence-electron chi connectivity index (χ2n) is 5.77. The van der Waals surface area contributed by atoms with Gasteiger partial charge in [0.1, 0.15) is 12.1 Å². The molecule has 0 unspecified atom stereocenters. The highest BCUT2D eigenvalue weighted by Gasteiger charge is 2.21. The topological polar surface area (TPSA) is 51.1 Å². The predicted octanol–water partition coefficient (Wildman–Crippen LogP) is 2.33. The van der Waals surface area contributed by atoms with Crippen LogP contribution in [0.1, 0.15) is 23.5 Å². The normalized spacial score (nSPS) is 18.5. The van der Waals surface area contributed by atoms with Crippen molar-refractivity contribution in [2.75, 3.05) is 24.6 Å². The summed E-state index contributed by atoms with van der Waals surface area (Å²) in [6, 6.07) is 8.20. The van der Waals surface area contributed by atoms with Crippen molar-refractivity contribution in [1.82, 2.24) is 15.0 Å². The minimum Gasteiger partial charge on any atom is -0.375 e. The maximum absolute atomic E-state index is 5.90. The molecule has 0 radical (unpaired) electrons. The van der Waals surface area contributed by atoms with Crippen molar-refractivity contribution in [3.05, 3.63) is 47.7 Å². The zero-order chi connectivity index (χ0) is 15.4. The molecule has 3 rings (SSSR count). The maximum Gasteiger partial charge on any atom is 0.128 e. The summed E-state index contributed by atoms with van der Waals surface area (Å²) < 4.78 is 5.90. The highest BCUT2D eigenvalue weighted by Crippen LogP contribution is 2.18. The average molecular weight is 298 g/mol. The Balaban J connectivity index is 1.59. The minimum absolute atomic E-state index is 0.228. The Labute approximate surface area is 131 Å². The summed E-state index contributed by atoms with van der Waals surface area (Å²) in [6.45, 7) is 6.56. The monoisotopic (exact) mass is 298 g/mol. The van der Waals surface area contributed by atoms with Crippen LogP contribution in [0.25, 0.3) is 0 Å². The molecule has 0 amide bonds. The summed E-state index contributed by atoms with van der Waals surface area (Å²) in [5, 5.41) is 0. The SMILES string of the molecule is Cc1cc(CC[C@H]2CN(c3cccc(C)n3)CCO2)ncn1. The Morgan fingerprint density at radius 3 is 2.95 bits per heavy atom. The smallest absolute Gasteiger partial charge is 0.128 e. The molecule has 0 spiro atoms. The zero-order valence-corrected chi connectivity index (χ0v) is 13.2. The van der Waals surface area contributed by atoms with Crippen LogP contribution < -0.4 is 4.90 Å². The summed E-state index contributed by atoms with van der Waals surface area (Å²) in [6.07, 6.45) is 3.75. The number of anilines is 1. The number of aryl methyl sites for hydroxylation is 3. The molecule has 5 heteroatoms. The molecule has 22 heavy (non-hydrogen) atoms. The second-order valence-corrected chi connectivity index (χ2v) is 5.77. The van der Waals surface area contributed by atoms with Crippen LogP contribution in [0.3, 0.4) is 0 Å². The van der Waals surface area contributed by atoms with Crippen molar-refractivity contribution in [2.24, 2.45) is 0 Å². The standard InChI is InChI=1S/C17H22N4O/c1-13-4-3-5-17(20-13)21-8-9-22-16(11-21)7-6-15-10-14(2)18-12-19-15/h3-5,10,12,16H,6-9,11H2,1-2H3/t16-/m0/s1. The third-order valence-corrected chi connectivity index (χ3v) is 3.92. The van der Waals surface area contributed by atoms with Crippen LogP contribution in [0.2, 0.25) is 0 Å². The van der Waals surface area contributed by atoms with Crippen molar-refractivity contribution >= 4 is 5.82 Å². The van der Waals surface area contributed by atoms with Crippen molar-refractivity contribution in [1.29, 1.82) is 0 Å². The first kappa shape index (κ1) is 14.9. The van der Waals surface area contributed by atoms with Crippen molar-refractivity contribution in [2.45, 2.75) is 32.8 Å². The van der Waals surface area contributed by atoms with Crippen molar-refractivity contribution in [3.63, 3.8) is 0 Å². The largest absolute Gasteiger partial charge is 0.375 e. The molecule has 5 nitrogen and oxygen atoms in total. The quantitative estimate of drug-likeness (QED) is 0.867. The van der Waals surface area contributed by atoms with E-state index < -0.39 is 0 Å². The van der Waals surface area contributed by atoms with Crippen LogP contribution >= 0.6 is 0 Å². The highest BCUT2D eigenvalue weighted by atomic mass is 16.5. The van der Waals surface area contributed by atoms with E-state index >= 15 is 0 Å². The Hall–Kier alpha value is -2.01. The van der Waals surface area contributed by atoms with Gasteiger partial charge in [0.2, 0.25) is 0 Å². The number of morpholine rings is 1. The van der Waals surface area contributed by atoms with Gasteiger partial charge in [-0.2, -0.15) is 0 Å². The van der Waals surface area contributed by atoms with E-state index in [2.05, 4.69) is 32.0 Å². The Morgan fingerprint density at radius 1 is 1.23 bits per heavy atom. The third-order valence-electron chi connectivity index (χ3n) is 3.92. The number of nitrogens with zero attached hydrogens (tertiary/aromatic N) is 4. The first-order chi connectivity index (χ1) is 10.7. The molecule has 3 heterocycles. The summed E-state index contributed by atoms with van der Waals surface area (Å²) in [5.41, 5.74) is 3.15. The van der Waals surface area contributed by atoms with Crippen LogP contribution in [0.5, 0.6) is 0 Å². The average Bonchev–Trinajstić information content (AvgIpc) is 2.53. The number of ether oxygens (including phenoxy) is 1. The molecule has 0 bridgehead atoms. The molecule has 0 N–H and O–H groups in total. The third kappa shape index (κ3) is 3.80. The van der Waals surface area contributed by atoms with Gasteiger partial charge >= 0.3 is 0 Å². The van der Waals surface area contributed by atoms with Gasteiger partial charge in [0.25, 0.3) is 0 Å². The van der Waals surface area contributed by atoms with Crippen LogP contribution in [-0.4, -0.2) is 40.8 Å². The number of aromatic nitrogens is 3. The first-order valence-corrected chi connectivity index (χ1v) is 7.78. The molecule has 2 aromatic rings. The Morgan fingerprint density at radius 2 is 2.14 bits per heavy atom. The first-order valence-electron chi connectivity index (χ1n) is 7.78. The second kappa shape index (κ2) is 6.83. The van der Waals surface area contributed by atoms with Gasteiger partial charge in [-0.05, 0) is 44.9 Å². The molecule has 1 aliphatic heterocycles. The zero-order valence-electron chi connectivity index (χ0n) is 13.2. The molecule has 2 aromatic heterocycles. The van der Waals surface area contributed by atoms with Crippen LogP contribution in [-0.2, 0) is 11.2 Å². The van der Waals surface area contributed by atoms with Crippen molar-refractivity contribution in [3.8, 4) is 0 Å². The van der Waals surface area contributed by atoms with Gasteiger partial charge in [-0.1, -0.05) is 6.07 Å². The number of pyridine rings is 1. The lowest BCUT2D eigenvalue weighted by Crippen LogP contribution is -2.43. The molecule has 0 aromatic carbocycles. The van der Waals surface area contributed by atoms with Crippen LogP contribution in [0.15, 0.2) is 30.6 Å². The summed E-state index contributed by atoms with van der Waals surface area (Å²) >= 11 is 0. The summed E-state index contributed by atoms with van der Waals surface area (Å²) in [5.74, 6) is 1.05. The van der Waals surface area contributed by atoms with E-state index in [1.165, 1.54) is 0 Å². The van der Waals surface area contributed by atoms with Gasteiger partial charge in [0.05, 0.1) is 12.7 Å². The molecule has 0 saturated carbocycles. The predicted molar refractivity (Wildman–Crippen MR) is 86.0 cm³/mol. The highest BCUT2D eigenvalue weighted by molar-refractivity contribution is 5.39. The van der Waals surface area contributed by atoms with E-state index in [1.807, 2.05) is 26.0 Å². The fourth-order valence-electron chi connectivity index (χ4n) is 2.76. The molecular formula is C17H22N4O. The van der Waals surface area contributed by atoms with E-state index in [0.29, 0.717) is 0 Å². The molecule has 1 aliphatic rings. The van der Waals surface area contributed by atoms with E-state index in [4.69, 9.17) is 4.74 Å². The van der Waals surface area contributed by atoms with Gasteiger partial charge in [-0.3, -0.25) is 0 Å². The number of hydrogen-bond donors (Lipinski definition) is 0. The van der Waals surface area contributed by atoms with Gasteiger partial charge < -0.3 is 9.64 Å². The molecule has 1 atom stereocenters. The van der Waals surface area contributed by atoms with Gasteiger partial charge in [0, 0.05) is 30.2 Å². The van der Waals surface area contributed by atoms with E-state index in [1.54, 1.807) is 6.33 Å². The lowest BCUT2D eigenvalue weighted by molar-refractivity contribution is 0.0350. The van der Waals surface area contributed by atoms with Crippen LogP contribution in [0.4, 0.5) is 5.82 Å².